The Bertz CT molecular complexity index is 978. The summed E-state index contributed by atoms with van der Waals surface area (Å²) >= 11 is 0. The Morgan fingerprint density at radius 2 is 0.639 bits per heavy atom. The van der Waals surface area contributed by atoms with Crippen LogP contribution >= 0.6 is 0 Å². The molecular weight excluding hydrogens is 434 g/mol. The first-order valence-electron chi connectivity index (χ1n) is 13.4. The first kappa shape index (κ1) is 26.0. The maximum absolute atomic E-state index is 7.05. The van der Waals surface area contributed by atoms with Crippen LogP contribution in [0.15, 0.2) is 121 Å². The third-order valence-electron chi connectivity index (χ3n) is 7.55. The molecule has 0 bridgehead atoms. The molecule has 0 amide bonds. The third kappa shape index (κ3) is 6.37. The van der Waals surface area contributed by atoms with Gasteiger partial charge in [-0.15, -0.1) is 0 Å². The molecule has 0 aliphatic heterocycles. The molecule has 4 aromatic carbocycles. The number of hydrogen-bond acceptors (Lipinski definition) is 2. The quantitative estimate of drug-likeness (QED) is 0.186. The fraction of sp³-hybridized carbons (Fsp3) is 0.250. The van der Waals surface area contributed by atoms with Crippen molar-refractivity contribution in [3.8, 4) is 0 Å². The van der Waals surface area contributed by atoms with Crippen molar-refractivity contribution < 1.29 is 0 Å². The number of benzene rings is 4. The molecule has 0 unspecified atom stereocenters. The topological polar surface area (TPSA) is 52.0 Å². The second kappa shape index (κ2) is 12.8. The summed E-state index contributed by atoms with van der Waals surface area (Å²) in [5.41, 5.74) is 18.0. The summed E-state index contributed by atoms with van der Waals surface area (Å²) in [6.45, 7) is 0. The Morgan fingerprint density at radius 1 is 0.389 bits per heavy atom. The van der Waals surface area contributed by atoms with Gasteiger partial charge in [0.2, 0.25) is 0 Å². The van der Waals surface area contributed by atoms with Gasteiger partial charge in [-0.25, -0.2) is 0 Å². The number of nitrogens with two attached hydrogens (primary N) is 2. The van der Waals surface area contributed by atoms with Crippen LogP contribution in [-0.4, -0.2) is 14.6 Å². The second-order valence-electron chi connectivity index (χ2n) is 10.0. The lowest BCUT2D eigenvalue weighted by atomic mass is 9.50. The van der Waals surface area contributed by atoms with Crippen molar-refractivity contribution in [2.75, 3.05) is 0 Å². The van der Waals surface area contributed by atoms with Crippen LogP contribution in [0.1, 0.15) is 47.9 Å². The van der Waals surface area contributed by atoms with E-state index in [1.165, 1.54) is 47.9 Å². The van der Waals surface area contributed by atoms with Crippen LogP contribution < -0.4 is 11.5 Å². The average molecular weight is 472 g/mol. The van der Waals surface area contributed by atoms with Gasteiger partial charge in [-0.2, -0.15) is 0 Å². The number of rotatable bonds is 13. The monoisotopic (exact) mass is 472 g/mol. The molecule has 2 nitrogen and oxygen atoms in total. The fourth-order valence-corrected chi connectivity index (χ4v) is 5.37. The van der Waals surface area contributed by atoms with E-state index in [-0.39, 0.29) is 0 Å². The van der Waals surface area contributed by atoms with E-state index in [2.05, 4.69) is 121 Å². The average Bonchev–Trinajstić information content (AvgIpc) is 2.96. The van der Waals surface area contributed by atoms with Gasteiger partial charge in [0.05, 0.1) is 0 Å². The van der Waals surface area contributed by atoms with Gasteiger partial charge in [-0.1, -0.05) is 160 Å². The standard InChI is InChI=1S/C32H38B2N2/c35-31(27-17-7-3-8-18-27,28-19-9-4-10-20-28)33-25-15-1-2-16-26-34-32(36,29-21-11-5-12-22-29)30-23-13-6-14-24-30/h3-14,17-24,33-34H,1-2,15-16,25-26,35-36H2. The van der Waals surface area contributed by atoms with Crippen molar-refractivity contribution in [3.05, 3.63) is 144 Å². The second-order valence-corrected chi connectivity index (χ2v) is 10.0. The smallest absolute Gasteiger partial charge is 0.157 e. The molecule has 4 N–H and O–H groups in total. The highest BCUT2D eigenvalue weighted by molar-refractivity contribution is 6.41. The largest absolute Gasteiger partial charge is 0.325 e. The zero-order valence-corrected chi connectivity index (χ0v) is 21.4. The fourth-order valence-electron chi connectivity index (χ4n) is 5.37. The first-order chi connectivity index (χ1) is 17.6. The van der Waals surface area contributed by atoms with Gasteiger partial charge in [0.1, 0.15) is 0 Å². The first-order valence-corrected chi connectivity index (χ1v) is 13.4. The van der Waals surface area contributed by atoms with Gasteiger partial charge in [0.15, 0.2) is 14.6 Å². The highest BCUT2D eigenvalue weighted by atomic mass is 14.7. The van der Waals surface area contributed by atoms with E-state index in [9.17, 15) is 0 Å². The normalized spacial score (nSPS) is 11.7. The van der Waals surface area contributed by atoms with Gasteiger partial charge in [0.25, 0.3) is 0 Å². The summed E-state index contributed by atoms with van der Waals surface area (Å²) in [7, 11) is 1.91. The van der Waals surface area contributed by atoms with E-state index in [0.717, 1.165) is 27.2 Å². The highest BCUT2D eigenvalue weighted by Gasteiger charge is 2.30. The third-order valence-corrected chi connectivity index (χ3v) is 7.55. The SMILES string of the molecule is NC(BCCCCCCBC(N)(c1ccccc1)c1ccccc1)(c1ccccc1)c1ccccc1. The summed E-state index contributed by atoms with van der Waals surface area (Å²) in [6, 6.07) is 42.2. The van der Waals surface area contributed by atoms with Gasteiger partial charge in [-0.05, 0) is 22.3 Å². The molecule has 182 valence electrons. The van der Waals surface area contributed by atoms with Gasteiger partial charge in [-0.3, -0.25) is 0 Å². The maximum Gasteiger partial charge on any atom is 0.157 e. The van der Waals surface area contributed by atoms with Crippen LogP contribution in [0.25, 0.3) is 0 Å². The molecule has 4 aromatic rings. The summed E-state index contributed by atoms with van der Waals surface area (Å²) in [4.78, 5) is 0. The van der Waals surface area contributed by atoms with Crippen molar-refractivity contribution >= 4 is 14.6 Å². The molecule has 0 radical (unpaired) electrons. The van der Waals surface area contributed by atoms with Crippen LogP contribution in [0.4, 0.5) is 0 Å². The molecule has 0 aromatic heterocycles. The van der Waals surface area contributed by atoms with Crippen molar-refractivity contribution in [3.63, 3.8) is 0 Å². The molecular formula is C32H38B2N2. The predicted molar refractivity (Wildman–Crippen MR) is 158 cm³/mol. The van der Waals surface area contributed by atoms with Crippen molar-refractivity contribution in [2.45, 2.75) is 49.2 Å². The van der Waals surface area contributed by atoms with Crippen molar-refractivity contribution in [2.24, 2.45) is 11.5 Å². The van der Waals surface area contributed by atoms with Crippen LogP contribution in [0.3, 0.4) is 0 Å². The molecule has 0 saturated heterocycles. The minimum Gasteiger partial charge on any atom is -0.325 e. The number of hydrogen-bond donors (Lipinski definition) is 2. The van der Waals surface area contributed by atoms with Crippen LogP contribution in [0.2, 0.25) is 12.6 Å². The molecule has 36 heavy (non-hydrogen) atoms. The molecule has 4 heteroatoms. The summed E-state index contributed by atoms with van der Waals surface area (Å²) < 4.78 is 0. The van der Waals surface area contributed by atoms with E-state index < -0.39 is 10.9 Å². The van der Waals surface area contributed by atoms with E-state index >= 15 is 0 Å². The van der Waals surface area contributed by atoms with Crippen LogP contribution in [0, 0.1) is 0 Å². The van der Waals surface area contributed by atoms with Crippen LogP contribution in [0.5, 0.6) is 0 Å². The van der Waals surface area contributed by atoms with Crippen molar-refractivity contribution in [1.82, 2.24) is 0 Å². The number of unbranched alkanes of at least 4 members (excludes halogenated alkanes) is 3. The Labute approximate surface area is 218 Å². The van der Waals surface area contributed by atoms with Crippen molar-refractivity contribution in [1.29, 1.82) is 0 Å². The zero-order valence-electron chi connectivity index (χ0n) is 21.4. The molecule has 0 fully saturated rings. The van der Waals surface area contributed by atoms with Gasteiger partial charge >= 0.3 is 0 Å². The van der Waals surface area contributed by atoms with Crippen LogP contribution in [-0.2, 0) is 10.9 Å². The Morgan fingerprint density at radius 3 is 0.889 bits per heavy atom. The minimum atomic E-state index is -0.437. The summed E-state index contributed by atoms with van der Waals surface area (Å²) in [6.07, 6.45) is 7.10. The van der Waals surface area contributed by atoms with E-state index in [4.69, 9.17) is 11.5 Å². The molecule has 0 aliphatic carbocycles. The lowest BCUT2D eigenvalue weighted by molar-refractivity contribution is 0.677. The molecule has 0 atom stereocenters. The molecule has 0 spiro atoms. The molecule has 4 rings (SSSR count). The van der Waals surface area contributed by atoms with E-state index in [1.54, 1.807) is 0 Å². The minimum absolute atomic E-state index is 0.437. The predicted octanol–water partition coefficient (Wildman–Crippen LogP) is 5.98. The van der Waals surface area contributed by atoms with Gasteiger partial charge in [0, 0.05) is 10.9 Å². The van der Waals surface area contributed by atoms with E-state index in [0.29, 0.717) is 0 Å². The Hall–Kier alpha value is -3.07. The lowest BCUT2D eigenvalue weighted by Crippen LogP contribution is -2.44. The molecule has 0 heterocycles. The summed E-state index contributed by atoms with van der Waals surface area (Å²) in [5, 5.41) is 0. The Kier molecular flexibility index (Phi) is 9.22. The maximum atomic E-state index is 7.05. The lowest BCUT2D eigenvalue weighted by Gasteiger charge is -2.31. The highest BCUT2D eigenvalue weighted by Crippen LogP contribution is 2.29. The molecule has 0 saturated carbocycles. The van der Waals surface area contributed by atoms with Gasteiger partial charge < -0.3 is 11.5 Å². The zero-order chi connectivity index (χ0) is 25.1. The summed E-state index contributed by atoms with van der Waals surface area (Å²) in [5.74, 6) is 0. The van der Waals surface area contributed by atoms with E-state index in [1.807, 2.05) is 0 Å². The molecule has 0 aliphatic rings. The Balaban J connectivity index is 1.27.